The molecule has 17 heavy (non-hydrogen) atoms. The molecule has 0 spiro atoms. The number of β-lactam (4-membered cyclic amide) rings is 1. The van der Waals surface area contributed by atoms with Crippen LogP contribution < -0.4 is 0 Å². The van der Waals surface area contributed by atoms with Crippen LogP contribution in [-0.4, -0.2) is 57.6 Å². The van der Waals surface area contributed by atoms with Crippen LogP contribution in [-0.2, 0) is 19.1 Å². The van der Waals surface area contributed by atoms with Crippen LogP contribution in [0.5, 0.6) is 0 Å². The zero-order valence-corrected chi connectivity index (χ0v) is 9.51. The molecule has 7 nitrogen and oxygen atoms in total. The van der Waals surface area contributed by atoms with Crippen molar-refractivity contribution in [1.29, 1.82) is 0 Å². The molecule has 1 fully saturated rings. The lowest BCUT2D eigenvalue weighted by molar-refractivity contribution is -0.172. The van der Waals surface area contributed by atoms with Crippen LogP contribution in [0.1, 0.15) is 0 Å². The highest BCUT2D eigenvalue weighted by Gasteiger charge is 2.56. The molecule has 92 valence electrons. The molecule has 8 heteroatoms. The lowest BCUT2D eigenvalue weighted by atomic mass is 10.00. The standard InChI is InChI=1S/C9H9NO6S/c1-16-5-6(11)10-4(9(14)15)3(8(12)13)2-17-7(5)10/h2,4-5,7H,1H3,(H,12,13)(H,14,15). The summed E-state index contributed by atoms with van der Waals surface area (Å²) >= 11 is 1.08. The highest BCUT2D eigenvalue weighted by atomic mass is 32.2. The number of rotatable bonds is 3. The second kappa shape index (κ2) is 4.04. The summed E-state index contributed by atoms with van der Waals surface area (Å²) in [6.45, 7) is 0. The first kappa shape index (κ1) is 11.9. The molecule has 1 saturated heterocycles. The summed E-state index contributed by atoms with van der Waals surface area (Å²) in [7, 11) is 1.35. The number of aliphatic carboxylic acids is 2. The van der Waals surface area contributed by atoms with Crippen molar-refractivity contribution in [2.75, 3.05) is 7.11 Å². The lowest BCUT2D eigenvalue weighted by Gasteiger charge is -2.49. The fourth-order valence-corrected chi connectivity index (χ4v) is 3.11. The average Bonchev–Trinajstić information content (AvgIpc) is 2.27. The Balaban J connectivity index is 2.35. The summed E-state index contributed by atoms with van der Waals surface area (Å²) in [5.41, 5.74) is -0.304. The van der Waals surface area contributed by atoms with Gasteiger partial charge in [-0.05, 0) is 5.41 Å². The van der Waals surface area contributed by atoms with Crippen LogP contribution in [0.4, 0.5) is 0 Å². The molecule has 0 aromatic heterocycles. The Labute approximate surface area is 100 Å². The molecule has 0 saturated carbocycles. The second-order valence-corrected chi connectivity index (χ2v) is 4.54. The molecule has 2 aliphatic heterocycles. The van der Waals surface area contributed by atoms with Gasteiger partial charge in [0.1, 0.15) is 5.37 Å². The van der Waals surface area contributed by atoms with Crippen LogP contribution in [0.25, 0.3) is 0 Å². The van der Waals surface area contributed by atoms with E-state index in [4.69, 9.17) is 14.9 Å². The van der Waals surface area contributed by atoms with Gasteiger partial charge in [-0.3, -0.25) is 4.79 Å². The van der Waals surface area contributed by atoms with E-state index in [1.165, 1.54) is 12.5 Å². The molecule has 2 N–H and O–H groups in total. The number of nitrogens with zero attached hydrogens (tertiary/aromatic N) is 1. The van der Waals surface area contributed by atoms with Crippen molar-refractivity contribution in [3.8, 4) is 0 Å². The topological polar surface area (TPSA) is 104 Å². The van der Waals surface area contributed by atoms with Crippen molar-refractivity contribution < 1.29 is 29.3 Å². The number of ether oxygens (including phenoxy) is 1. The van der Waals surface area contributed by atoms with Gasteiger partial charge >= 0.3 is 11.9 Å². The van der Waals surface area contributed by atoms with E-state index in [-0.39, 0.29) is 5.57 Å². The van der Waals surface area contributed by atoms with Gasteiger partial charge in [-0.15, -0.1) is 11.8 Å². The van der Waals surface area contributed by atoms with Crippen molar-refractivity contribution in [2.45, 2.75) is 17.5 Å². The molecule has 0 aromatic rings. The third-order valence-electron chi connectivity index (χ3n) is 2.67. The number of carboxylic acid groups (broad SMARTS) is 2. The maximum atomic E-state index is 11.6. The predicted molar refractivity (Wildman–Crippen MR) is 56.2 cm³/mol. The van der Waals surface area contributed by atoms with Crippen molar-refractivity contribution in [3.63, 3.8) is 0 Å². The molecular weight excluding hydrogens is 250 g/mol. The maximum Gasteiger partial charge on any atom is 0.334 e. The molecule has 2 heterocycles. The van der Waals surface area contributed by atoms with Crippen LogP contribution in [0.3, 0.4) is 0 Å². The zero-order chi connectivity index (χ0) is 12.7. The minimum Gasteiger partial charge on any atom is -0.479 e. The number of hydrogen-bond acceptors (Lipinski definition) is 5. The molecule has 0 aromatic carbocycles. The van der Waals surface area contributed by atoms with Crippen LogP contribution in [0.15, 0.2) is 11.0 Å². The summed E-state index contributed by atoms with van der Waals surface area (Å²) in [6, 6.07) is -1.43. The van der Waals surface area contributed by atoms with Gasteiger partial charge < -0.3 is 19.8 Å². The van der Waals surface area contributed by atoms with E-state index in [1.807, 2.05) is 0 Å². The number of carbonyl (C=O) groups excluding carboxylic acids is 1. The smallest absolute Gasteiger partial charge is 0.334 e. The van der Waals surface area contributed by atoms with Crippen molar-refractivity contribution >= 4 is 29.6 Å². The number of carbonyl (C=O) groups is 3. The Bertz CT molecular complexity index is 433. The average molecular weight is 259 g/mol. The third-order valence-corrected chi connectivity index (χ3v) is 3.82. The Morgan fingerprint density at radius 2 is 2.12 bits per heavy atom. The van der Waals surface area contributed by atoms with Crippen molar-refractivity contribution in [3.05, 3.63) is 11.0 Å². The largest absolute Gasteiger partial charge is 0.479 e. The molecule has 2 rings (SSSR count). The van der Waals surface area contributed by atoms with Gasteiger partial charge in [0, 0.05) is 7.11 Å². The van der Waals surface area contributed by atoms with Gasteiger partial charge in [0.05, 0.1) is 5.57 Å². The van der Waals surface area contributed by atoms with Gasteiger partial charge in [-0.1, -0.05) is 0 Å². The Hall–Kier alpha value is -1.54. The van der Waals surface area contributed by atoms with Crippen LogP contribution in [0.2, 0.25) is 0 Å². The van der Waals surface area contributed by atoms with E-state index < -0.39 is 35.4 Å². The predicted octanol–water partition coefficient (Wildman–Crippen LogP) is -0.662. The maximum absolute atomic E-state index is 11.6. The third kappa shape index (κ3) is 1.60. The molecule has 3 unspecified atom stereocenters. The minimum atomic E-state index is -1.43. The first-order valence-corrected chi connectivity index (χ1v) is 5.60. The molecule has 0 aliphatic carbocycles. The summed E-state index contributed by atoms with van der Waals surface area (Å²) < 4.78 is 4.91. The first-order chi connectivity index (χ1) is 7.99. The molecule has 0 radical (unpaired) electrons. The van der Waals surface area contributed by atoms with Crippen molar-refractivity contribution in [2.24, 2.45) is 0 Å². The van der Waals surface area contributed by atoms with E-state index >= 15 is 0 Å². The highest BCUT2D eigenvalue weighted by molar-refractivity contribution is 8.03. The lowest BCUT2D eigenvalue weighted by Crippen LogP contribution is -2.70. The molecule has 2 aliphatic rings. The minimum absolute atomic E-state index is 0.304. The van der Waals surface area contributed by atoms with Gasteiger partial charge in [0.25, 0.3) is 5.91 Å². The summed E-state index contributed by atoms with van der Waals surface area (Å²) in [5.74, 6) is -3.19. The number of thioether (sulfide) groups is 1. The summed E-state index contributed by atoms with van der Waals surface area (Å²) in [6.07, 6.45) is -0.701. The number of fused-ring (bicyclic) bond motifs is 1. The Morgan fingerprint density at radius 1 is 1.47 bits per heavy atom. The van der Waals surface area contributed by atoms with Crippen LogP contribution in [0, 0.1) is 0 Å². The van der Waals surface area contributed by atoms with Crippen molar-refractivity contribution in [1.82, 2.24) is 4.90 Å². The van der Waals surface area contributed by atoms with E-state index in [2.05, 4.69) is 0 Å². The monoisotopic (exact) mass is 259 g/mol. The van der Waals surface area contributed by atoms with Crippen LogP contribution >= 0.6 is 11.8 Å². The SMILES string of the molecule is COC1C(=O)N2C(C(=O)O)C(C(=O)O)=CSC12. The highest BCUT2D eigenvalue weighted by Crippen LogP contribution is 2.41. The second-order valence-electron chi connectivity index (χ2n) is 3.55. The van der Waals surface area contributed by atoms with E-state index in [0.717, 1.165) is 16.7 Å². The molecule has 1 amide bonds. The Kier molecular flexibility index (Phi) is 2.84. The first-order valence-electron chi connectivity index (χ1n) is 4.65. The van der Waals surface area contributed by atoms with Gasteiger partial charge in [0.2, 0.25) is 0 Å². The molecular formula is C9H9NO6S. The fraction of sp³-hybridized carbons (Fsp3) is 0.444. The van der Waals surface area contributed by atoms with Gasteiger partial charge in [-0.2, -0.15) is 0 Å². The molecule has 0 bridgehead atoms. The quantitative estimate of drug-likeness (QED) is 0.648. The number of hydrogen-bond donors (Lipinski definition) is 2. The van der Waals surface area contributed by atoms with E-state index in [0.29, 0.717) is 0 Å². The summed E-state index contributed by atoms with van der Waals surface area (Å²) in [5, 5.41) is 18.7. The number of carboxylic acids is 2. The number of methoxy groups -OCH3 is 1. The summed E-state index contributed by atoms with van der Waals surface area (Å²) in [4.78, 5) is 34.6. The normalized spacial score (nSPS) is 31.4. The fourth-order valence-electron chi connectivity index (χ4n) is 1.86. The number of amides is 1. The zero-order valence-electron chi connectivity index (χ0n) is 8.69. The van der Waals surface area contributed by atoms with E-state index in [1.54, 1.807) is 0 Å². The van der Waals surface area contributed by atoms with E-state index in [9.17, 15) is 14.4 Å². The molecule has 3 atom stereocenters. The Morgan fingerprint density at radius 3 is 2.59 bits per heavy atom. The van der Waals surface area contributed by atoms with Gasteiger partial charge in [-0.25, -0.2) is 9.59 Å². The van der Waals surface area contributed by atoms with Gasteiger partial charge in [0.15, 0.2) is 12.1 Å².